The highest BCUT2D eigenvalue weighted by atomic mass is 15.1. The van der Waals surface area contributed by atoms with E-state index in [2.05, 4.69) is 39.7 Å². The van der Waals surface area contributed by atoms with Crippen LogP contribution < -0.4 is 10.6 Å². The van der Waals surface area contributed by atoms with Gasteiger partial charge in [-0.15, -0.1) is 0 Å². The molecule has 1 aromatic carbocycles. The lowest BCUT2D eigenvalue weighted by Crippen LogP contribution is -2.19. The zero-order chi connectivity index (χ0) is 15.2. The average Bonchev–Trinajstić information content (AvgIpc) is 2.76. The Morgan fingerprint density at radius 2 is 1.73 bits per heavy atom. The molecule has 0 amide bonds. The first-order chi connectivity index (χ1) is 10.8. The topological polar surface area (TPSA) is 49.8 Å². The van der Waals surface area contributed by atoms with E-state index in [1.807, 2.05) is 18.2 Å². The van der Waals surface area contributed by atoms with Gasteiger partial charge in [0.05, 0.1) is 0 Å². The molecule has 4 nitrogen and oxygen atoms in total. The number of aryl methyl sites for hydroxylation is 1. The normalized spacial score (nSPS) is 16.0. The standard InChI is InChI=1S/C18H24N4/c1-14-7-6-10-16(11-14)22-18-12-17(19-13-20-18)21-15-8-4-2-3-5-9-15/h6-7,10-13,15H,2-5,8-9H2,1H3,(H2,19,20,21,22). The Morgan fingerprint density at radius 1 is 0.955 bits per heavy atom. The molecule has 1 saturated carbocycles. The molecule has 1 aliphatic carbocycles. The summed E-state index contributed by atoms with van der Waals surface area (Å²) in [6.45, 7) is 2.09. The minimum Gasteiger partial charge on any atom is -0.367 e. The molecule has 22 heavy (non-hydrogen) atoms. The van der Waals surface area contributed by atoms with Crippen molar-refractivity contribution >= 4 is 17.3 Å². The predicted octanol–water partition coefficient (Wildman–Crippen LogP) is 4.66. The van der Waals surface area contributed by atoms with Gasteiger partial charge in [0.25, 0.3) is 0 Å². The van der Waals surface area contributed by atoms with Crippen LogP contribution in [-0.4, -0.2) is 16.0 Å². The van der Waals surface area contributed by atoms with Crippen LogP contribution in [0.15, 0.2) is 36.7 Å². The Balaban J connectivity index is 1.66. The number of hydrogen-bond acceptors (Lipinski definition) is 4. The summed E-state index contributed by atoms with van der Waals surface area (Å²) in [5, 5.41) is 6.91. The molecular weight excluding hydrogens is 272 g/mol. The van der Waals surface area contributed by atoms with E-state index in [-0.39, 0.29) is 0 Å². The minimum absolute atomic E-state index is 0.546. The second-order valence-electron chi connectivity index (χ2n) is 6.12. The molecule has 0 radical (unpaired) electrons. The maximum absolute atomic E-state index is 4.36. The van der Waals surface area contributed by atoms with E-state index in [4.69, 9.17) is 0 Å². The quantitative estimate of drug-likeness (QED) is 0.805. The Hall–Kier alpha value is -2.10. The van der Waals surface area contributed by atoms with Gasteiger partial charge in [0.15, 0.2) is 0 Å². The van der Waals surface area contributed by atoms with Crippen LogP contribution >= 0.6 is 0 Å². The zero-order valence-corrected chi connectivity index (χ0v) is 13.2. The molecule has 0 aliphatic heterocycles. The molecule has 1 heterocycles. The molecule has 3 rings (SSSR count). The van der Waals surface area contributed by atoms with E-state index in [1.54, 1.807) is 6.33 Å². The van der Waals surface area contributed by atoms with Crippen molar-refractivity contribution < 1.29 is 0 Å². The van der Waals surface area contributed by atoms with E-state index in [0.29, 0.717) is 6.04 Å². The Bertz CT molecular complexity index is 604. The van der Waals surface area contributed by atoms with Gasteiger partial charge in [-0.25, -0.2) is 9.97 Å². The van der Waals surface area contributed by atoms with Gasteiger partial charge in [0.2, 0.25) is 0 Å². The van der Waals surface area contributed by atoms with Crippen molar-refractivity contribution in [1.82, 2.24) is 9.97 Å². The second kappa shape index (κ2) is 7.25. The fourth-order valence-corrected chi connectivity index (χ4v) is 3.01. The van der Waals surface area contributed by atoms with E-state index in [1.165, 1.54) is 44.1 Å². The van der Waals surface area contributed by atoms with Gasteiger partial charge in [-0.2, -0.15) is 0 Å². The first kappa shape index (κ1) is 14.8. The van der Waals surface area contributed by atoms with Gasteiger partial charge in [0.1, 0.15) is 18.0 Å². The number of nitrogens with one attached hydrogen (secondary N) is 2. The highest BCUT2D eigenvalue weighted by molar-refractivity contribution is 5.59. The summed E-state index contributed by atoms with van der Waals surface area (Å²) in [5.41, 5.74) is 2.29. The predicted molar refractivity (Wildman–Crippen MR) is 91.6 cm³/mol. The van der Waals surface area contributed by atoms with Gasteiger partial charge >= 0.3 is 0 Å². The van der Waals surface area contributed by atoms with Gasteiger partial charge in [-0.3, -0.25) is 0 Å². The van der Waals surface area contributed by atoms with Crippen molar-refractivity contribution in [3.05, 3.63) is 42.2 Å². The van der Waals surface area contributed by atoms with E-state index in [0.717, 1.165) is 17.3 Å². The lowest BCUT2D eigenvalue weighted by molar-refractivity contribution is 0.617. The number of aromatic nitrogens is 2. The summed E-state index contributed by atoms with van der Waals surface area (Å²) in [6, 6.07) is 10.8. The molecule has 0 unspecified atom stereocenters. The van der Waals surface area contributed by atoms with Crippen LogP contribution in [0.3, 0.4) is 0 Å². The number of benzene rings is 1. The molecule has 2 aromatic rings. The number of hydrogen-bond donors (Lipinski definition) is 2. The van der Waals surface area contributed by atoms with Crippen molar-refractivity contribution in [3.63, 3.8) is 0 Å². The highest BCUT2D eigenvalue weighted by Crippen LogP contribution is 2.22. The maximum Gasteiger partial charge on any atom is 0.135 e. The monoisotopic (exact) mass is 296 g/mol. The van der Waals surface area contributed by atoms with Gasteiger partial charge in [0, 0.05) is 17.8 Å². The second-order valence-corrected chi connectivity index (χ2v) is 6.12. The smallest absolute Gasteiger partial charge is 0.135 e. The summed E-state index contributed by atoms with van der Waals surface area (Å²) in [7, 11) is 0. The molecule has 1 aromatic heterocycles. The third kappa shape index (κ3) is 4.20. The molecule has 2 N–H and O–H groups in total. The Morgan fingerprint density at radius 3 is 2.50 bits per heavy atom. The molecule has 0 spiro atoms. The summed E-state index contributed by atoms with van der Waals surface area (Å²) in [4.78, 5) is 8.67. The molecular formula is C18H24N4. The van der Waals surface area contributed by atoms with Gasteiger partial charge in [-0.1, -0.05) is 37.8 Å². The Kier molecular flexibility index (Phi) is 4.88. The van der Waals surface area contributed by atoms with Crippen molar-refractivity contribution in [1.29, 1.82) is 0 Å². The lowest BCUT2D eigenvalue weighted by Gasteiger charge is -2.17. The molecule has 116 valence electrons. The van der Waals surface area contributed by atoms with Crippen LogP contribution in [0.5, 0.6) is 0 Å². The highest BCUT2D eigenvalue weighted by Gasteiger charge is 2.12. The minimum atomic E-state index is 0.546. The molecule has 0 bridgehead atoms. The van der Waals surface area contributed by atoms with Crippen molar-refractivity contribution in [2.24, 2.45) is 0 Å². The third-order valence-corrected chi connectivity index (χ3v) is 4.16. The van der Waals surface area contributed by atoms with Crippen LogP contribution in [0.25, 0.3) is 0 Å². The van der Waals surface area contributed by atoms with E-state index >= 15 is 0 Å². The van der Waals surface area contributed by atoms with Crippen LogP contribution in [0.2, 0.25) is 0 Å². The Labute approximate surface area is 132 Å². The first-order valence-electron chi connectivity index (χ1n) is 8.22. The summed E-state index contributed by atoms with van der Waals surface area (Å²) in [6.07, 6.45) is 9.46. The third-order valence-electron chi connectivity index (χ3n) is 4.16. The number of anilines is 3. The van der Waals surface area contributed by atoms with Crippen LogP contribution in [0.4, 0.5) is 17.3 Å². The van der Waals surface area contributed by atoms with Crippen LogP contribution in [0.1, 0.15) is 44.1 Å². The molecule has 4 heteroatoms. The number of nitrogens with zero attached hydrogens (tertiary/aromatic N) is 2. The lowest BCUT2D eigenvalue weighted by atomic mass is 10.1. The summed E-state index contributed by atoms with van der Waals surface area (Å²) < 4.78 is 0. The fourth-order valence-electron chi connectivity index (χ4n) is 3.01. The van der Waals surface area contributed by atoms with E-state index in [9.17, 15) is 0 Å². The maximum atomic E-state index is 4.36. The van der Waals surface area contributed by atoms with Crippen molar-refractivity contribution in [2.75, 3.05) is 10.6 Å². The van der Waals surface area contributed by atoms with Gasteiger partial charge in [-0.05, 0) is 37.5 Å². The van der Waals surface area contributed by atoms with Crippen molar-refractivity contribution in [2.45, 2.75) is 51.5 Å². The van der Waals surface area contributed by atoms with Crippen LogP contribution in [-0.2, 0) is 0 Å². The summed E-state index contributed by atoms with van der Waals surface area (Å²) in [5.74, 6) is 1.74. The average molecular weight is 296 g/mol. The fraction of sp³-hybridized carbons (Fsp3) is 0.444. The molecule has 1 aliphatic rings. The summed E-state index contributed by atoms with van der Waals surface area (Å²) >= 11 is 0. The molecule has 1 fully saturated rings. The van der Waals surface area contributed by atoms with E-state index < -0.39 is 0 Å². The molecule has 0 atom stereocenters. The largest absolute Gasteiger partial charge is 0.367 e. The van der Waals surface area contributed by atoms with Crippen molar-refractivity contribution in [3.8, 4) is 0 Å². The van der Waals surface area contributed by atoms with Crippen LogP contribution in [0, 0.1) is 6.92 Å². The number of rotatable bonds is 4. The molecule has 0 saturated heterocycles. The first-order valence-corrected chi connectivity index (χ1v) is 8.22. The SMILES string of the molecule is Cc1cccc(Nc2cc(NC3CCCCCC3)ncn2)c1. The zero-order valence-electron chi connectivity index (χ0n) is 13.2. The van der Waals surface area contributed by atoms with Gasteiger partial charge < -0.3 is 10.6 Å².